The standard InChI is InChI=1S/C19H11Cl2F3N2O2S2/c20-13-6-1-3-10(16(13)21)7-14-17(28)26(18(29)30-14)9-15(27)25-12-5-2-4-11(8-12)19(22,23)24/h1-8H,9H2,(H,25,27)/b14-7-. The van der Waals surface area contributed by atoms with E-state index in [4.69, 9.17) is 35.4 Å². The summed E-state index contributed by atoms with van der Waals surface area (Å²) >= 11 is 18.2. The van der Waals surface area contributed by atoms with Gasteiger partial charge >= 0.3 is 6.18 Å². The van der Waals surface area contributed by atoms with Gasteiger partial charge in [-0.15, -0.1) is 0 Å². The van der Waals surface area contributed by atoms with Gasteiger partial charge in [-0.25, -0.2) is 0 Å². The maximum Gasteiger partial charge on any atom is 0.416 e. The minimum atomic E-state index is -4.54. The molecule has 0 radical (unpaired) electrons. The Bertz CT molecular complexity index is 1070. The van der Waals surface area contributed by atoms with Crippen LogP contribution in [0.25, 0.3) is 6.08 Å². The Hall–Kier alpha value is -2.07. The van der Waals surface area contributed by atoms with Crippen LogP contribution in [-0.4, -0.2) is 27.6 Å². The fourth-order valence-electron chi connectivity index (χ4n) is 2.53. The van der Waals surface area contributed by atoms with Crippen molar-refractivity contribution in [2.45, 2.75) is 6.18 Å². The quantitative estimate of drug-likeness (QED) is 0.431. The lowest BCUT2D eigenvalue weighted by Crippen LogP contribution is -2.36. The molecule has 2 aromatic rings. The van der Waals surface area contributed by atoms with Crippen molar-refractivity contribution in [3.63, 3.8) is 0 Å². The highest BCUT2D eigenvalue weighted by Gasteiger charge is 2.34. The van der Waals surface area contributed by atoms with E-state index in [0.29, 0.717) is 10.6 Å². The maximum atomic E-state index is 12.8. The van der Waals surface area contributed by atoms with E-state index in [1.54, 1.807) is 18.2 Å². The van der Waals surface area contributed by atoms with Crippen molar-refractivity contribution < 1.29 is 22.8 Å². The molecule has 1 aliphatic heterocycles. The Labute approximate surface area is 189 Å². The second kappa shape index (κ2) is 8.97. The summed E-state index contributed by atoms with van der Waals surface area (Å²) in [6.07, 6.45) is -3.02. The lowest BCUT2D eigenvalue weighted by atomic mass is 10.2. The van der Waals surface area contributed by atoms with Crippen LogP contribution in [0.2, 0.25) is 10.0 Å². The van der Waals surface area contributed by atoms with Crippen molar-refractivity contribution in [2.75, 3.05) is 11.9 Å². The van der Waals surface area contributed by atoms with Crippen LogP contribution in [-0.2, 0) is 15.8 Å². The summed E-state index contributed by atoms with van der Waals surface area (Å²) in [6.45, 7) is -0.443. The molecule has 1 heterocycles. The number of amides is 2. The predicted octanol–water partition coefficient (Wildman–Crippen LogP) is 5.85. The molecule has 11 heteroatoms. The molecule has 0 aliphatic carbocycles. The second-order valence-corrected chi connectivity index (χ2v) is 8.50. The highest BCUT2D eigenvalue weighted by molar-refractivity contribution is 8.26. The summed E-state index contributed by atoms with van der Waals surface area (Å²) in [4.78, 5) is 26.2. The van der Waals surface area contributed by atoms with Crippen LogP contribution in [0.1, 0.15) is 11.1 Å². The van der Waals surface area contributed by atoms with Crippen molar-refractivity contribution in [1.29, 1.82) is 0 Å². The van der Waals surface area contributed by atoms with E-state index in [-0.39, 0.29) is 19.9 Å². The number of anilines is 1. The summed E-state index contributed by atoms with van der Waals surface area (Å²) in [6, 6.07) is 9.13. The zero-order valence-electron chi connectivity index (χ0n) is 14.8. The number of nitrogens with zero attached hydrogens (tertiary/aromatic N) is 1. The number of nitrogens with one attached hydrogen (secondary N) is 1. The van der Waals surface area contributed by atoms with Gasteiger partial charge in [-0.2, -0.15) is 13.2 Å². The molecule has 1 aliphatic rings. The van der Waals surface area contributed by atoms with Gasteiger partial charge in [0.05, 0.1) is 20.5 Å². The molecular formula is C19H11Cl2F3N2O2S2. The highest BCUT2D eigenvalue weighted by Crippen LogP contribution is 2.35. The molecule has 0 bridgehead atoms. The average Bonchev–Trinajstić information content (AvgIpc) is 2.92. The number of hydrogen-bond acceptors (Lipinski definition) is 4. The first-order valence-corrected chi connectivity index (χ1v) is 10.2. The minimum Gasteiger partial charge on any atom is -0.325 e. The smallest absolute Gasteiger partial charge is 0.325 e. The highest BCUT2D eigenvalue weighted by atomic mass is 35.5. The van der Waals surface area contributed by atoms with E-state index in [2.05, 4.69) is 5.32 Å². The zero-order valence-corrected chi connectivity index (χ0v) is 17.9. The monoisotopic (exact) mass is 490 g/mol. The van der Waals surface area contributed by atoms with E-state index >= 15 is 0 Å². The van der Waals surface area contributed by atoms with Gasteiger partial charge in [0.2, 0.25) is 5.91 Å². The molecular weight excluding hydrogens is 480 g/mol. The van der Waals surface area contributed by atoms with Crippen LogP contribution in [0, 0.1) is 0 Å². The summed E-state index contributed by atoms with van der Waals surface area (Å²) in [7, 11) is 0. The Morgan fingerprint density at radius 3 is 2.60 bits per heavy atom. The molecule has 1 saturated heterocycles. The van der Waals surface area contributed by atoms with E-state index in [9.17, 15) is 22.8 Å². The van der Waals surface area contributed by atoms with Crippen LogP contribution >= 0.6 is 47.2 Å². The lowest BCUT2D eigenvalue weighted by Gasteiger charge is -2.15. The predicted molar refractivity (Wildman–Crippen MR) is 116 cm³/mol. The van der Waals surface area contributed by atoms with Crippen LogP contribution in [0.15, 0.2) is 47.4 Å². The lowest BCUT2D eigenvalue weighted by molar-refractivity contribution is -0.137. The second-order valence-electron chi connectivity index (χ2n) is 6.04. The molecule has 1 N–H and O–H groups in total. The molecule has 4 nitrogen and oxygen atoms in total. The number of rotatable bonds is 4. The van der Waals surface area contributed by atoms with Gasteiger partial charge in [-0.05, 0) is 35.9 Å². The van der Waals surface area contributed by atoms with Crippen LogP contribution in [0.3, 0.4) is 0 Å². The number of hydrogen-bond donors (Lipinski definition) is 1. The normalized spacial score (nSPS) is 15.8. The molecule has 0 saturated carbocycles. The molecule has 3 rings (SSSR count). The zero-order chi connectivity index (χ0) is 22.1. The van der Waals surface area contributed by atoms with E-state index in [1.807, 2.05) is 0 Å². The molecule has 0 atom stereocenters. The maximum absolute atomic E-state index is 12.8. The third-order valence-electron chi connectivity index (χ3n) is 3.92. The average molecular weight is 491 g/mol. The molecule has 0 unspecified atom stereocenters. The topological polar surface area (TPSA) is 49.4 Å². The van der Waals surface area contributed by atoms with Gasteiger partial charge in [0.15, 0.2) is 0 Å². The van der Waals surface area contributed by atoms with Crippen molar-refractivity contribution in [2.24, 2.45) is 0 Å². The largest absolute Gasteiger partial charge is 0.416 e. The Morgan fingerprint density at radius 1 is 1.20 bits per heavy atom. The van der Waals surface area contributed by atoms with Gasteiger partial charge in [0.25, 0.3) is 5.91 Å². The summed E-state index contributed by atoms with van der Waals surface area (Å²) < 4.78 is 38.5. The molecule has 2 aromatic carbocycles. The van der Waals surface area contributed by atoms with Gasteiger partial charge < -0.3 is 5.32 Å². The van der Waals surface area contributed by atoms with Gasteiger partial charge in [-0.3, -0.25) is 14.5 Å². The van der Waals surface area contributed by atoms with Crippen LogP contribution < -0.4 is 5.32 Å². The van der Waals surface area contributed by atoms with Crippen molar-refractivity contribution in [3.05, 3.63) is 68.5 Å². The number of thiocarbonyl (C=S) groups is 1. The third-order valence-corrected chi connectivity index (χ3v) is 6.13. The molecule has 156 valence electrons. The summed E-state index contributed by atoms with van der Waals surface area (Å²) in [5, 5.41) is 2.93. The van der Waals surface area contributed by atoms with E-state index < -0.39 is 30.1 Å². The molecule has 2 amide bonds. The number of carbonyl (C=O) groups is 2. The van der Waals surface area contributed by atoms with Crippen molar-refractivity contribution in [3.8, 4) is 0 Å². The number of benzene rings is 2. The minimum absolute atomic E-state index is 0.0403. The Morgan fingerprint density at radius 2 is 1.90 bits per heavy atom. The molecule has 0 spiro atoms. The molecule has 30 heavy (non-hydrogen) atoms. The first-order valence-electron chi connectivity index (χ1n) is 8.23. The van der Waals surface area contributed by atoms with Crippen molar-refractivity contribution in [1.82, 2.24) is 4.90 Å². The first kappa shape index (κ1) is 22.6. The first-order chi connectivity index (χ1) is 14.1. The Balaban J connectivity index is 1.72. The SMILES string of the molecule is O=C(CN1C(=O)/C(=C/c2cccc(Cl)c2Cl)SC1=S)Nc1cccc(C(F)(F)F)c1. The van der Waals surface area contributed by atoms with E-state index in [0.717, 1.165) is 28.8 Å². The fraction of sp³-hybridized carbons (Fsp3) is 0.105. The number of carbonyl (C=O) groups excluding carboxylic acids is 2. The van der Waals surface area contributed by atoms with Crippen molar-refractivity contribution >= 4 is 75.1 Å². The summed E-state index contributed by atoms with van der Waals surface area (Å²) in [5.41, 5.74) is -0.424. The fourth-order valence-corrected chi connectivity index (χ4v) is 4.14. The Kier molecular flexibility index (Phi) is 6.76. The third kappa shape index (κ3) is 5.15. The summed E-state index contributed by atoms with van der Waals surface area (Å²) in [5.74, 6) is -1.20. The van der Waals surface area contributed by atoms with Gasteiger partial charge in [0.1, 0.15) is 10.9 Å². The number of thioether (sulfide) groups is 1. The molecule has 1 fully saturated rings. The van der Waals surface area contributed by atoms with Crippen LogP contribution in [0.4, 0.5) is 18.9 Å². The van der Waals surface area contributed by atoms with Crippen LogP contribution in [0.5, 0.6) is 0 Å². The van der Waals surface area contributed by atoms with Gasteiger partial charge in [0, 0.05) is 5.69 Å². The number of alkyl halides is 3. The van der Waals surface area contributed by atoms with E-state index in [1.165, 1.54) is 18.2 Å². The number of halogens is 5. The molecule has 0 aromatic heterocycles. The van der Waals surface area contributed by atoms with Gasteiger partial charge in [-0.1, -0.05) is 65.4 Å².